The third-order valence-electron chi connectivity index (χ3n) is 5.62. The van der Waals surface area contributed by atoms with Gasteiger partial charge in [-0.05, 0) is 41.1 Å². The number of nitrogens with one attached hydrogen (secondary N) is 1. The van der Waals surface area contributed by atoms with Crippen LogP contribution in [0, 0.1) is 0 Å². The van der Waals surface area contributed by atoms with E-state index in [9.17, 15) is 4.79 Å². The molecule has 5 aromatic rings. The van der Waals surface area contributed by atoms with Crippen LogP contribution in [0.15, 0.2) is 101 Å². The Kier molecular flexibility index (Phi) is 7.49. The zero-order valence-corrected chi connectivity index (χ0v) is 21.4. The van der Waals surface area contributed by atoms with Gasteiger partial charge >= 0.3 is 0 Å². The Morgan fingerprint density at radius 3 is 2.54 bits per heavy atom. The van der Waals surface area contributed by atoms with Gasteiger partial charge in [-0.2, -0.15) is 5.10 Å². The van der Waals surface area contributed by atoms with Crippen LogP contribution in [0.25, 0.3) is 27.8 Å². The van der Waals surface area contributed by atoms with Gasteiger partial charge in [0.1, 0.15) is 5.75 Å². The summed E-state index contributed by atoms with van der Waals surface area (Å²) in [6.07, 6.45) is 1.60. The molecule has 0 saturated carbocycles. The van der Waals surface area contributed by atoms with Gasteiger partial charge in [0.05, 0.1) is 19.1 Å². The van der Waals surface area contributed by atoms with E-state index in [1.54, 1.807) is 13.3 Å². The standard InChI is InChI=1S/C28H22ClN5O2S/c1-36-25-16-11-19-7-5-6-10-23(19)24(25)17-30-31-26(35)18-37-28-33-32-27(20-8-3-2-4-9-20)34(28)22-14-12-21(29)13-15-22/h2-17H,18H2,1H3,(H,31,35)/b30-17+. The second-order valence-electron chi connectivity index (χ2n) is 7.97. The number of hydrogen-bond acceptors (Lipinski definition) is 6. The molecule has 0 spiro atoms. The first-order valence-electron chi connectivity index (χ1n) is 11.4. The van der Waals surface area contributed by atoms with Crippen LogP contribution >= 0.6 is 23.4 Å². The van der Waals surface area contributed by atoms with Gasteiger partial charge in [0.15, 0.2) is 11.0 Å². The van der Waals surface area contributed by atoms with Crippen molar-refractivity contribution >= 4 is 46.3 Å². The van der Waals surface area contributed by atoms with Crippen molar-refractivity contribution in [2.75, 3.05) is 12.9 Å². The van der Waals surface area contributed by atoms with Crippen LogP contribution in [0.5, 0.6) is 5.75 Å². The van der Waals surface area contributed by atoms with E-state index in [0.717, 1.165) is 27.6 Å². The molecule has 0 unspecified atom stereocenters. The summed E-state index contributed by atoms with van der Waals surface area (Å²) in [6, 6.07) is 29.0. The maximum absolute atomic E-state index is 12.6. The average molecular weight is 528 g/mol. The van der Waals surface area contributed by atoms with Crippen LogP contribution in [0.1, 0.15) is 5.56 Å². The summed E-state index contributed by atoms with van der Waals surface area (Å²) in [5, 5.41) is 16.2. The molecule has 0 aliphatic rings. The molecular formula is C28H22ClN5O2S. The lowest BCUT2D eigenvalue weighted by atomic mass is 10.0. The van der Waals surface area contributed by atoms with Crippen molar-refractivity contribution < 1.29 is 9.53 Å². The number of halogens is 1. The number of thioether (sulfide) groups is 1. The van der Waals surface area contributed by atoms with E-state index in [1.165, 1.54) is 11.8 Å². The molecule has 7 nitrogen and oxygen atoms in total. The van der Waals surface area contributed by atoms with Crippen LogP contribution in [-0.2, 0) is 4.79 Å². The van der Waals surface area contributed by atoms with Crippen molar-refractivity contribution in [2.24, 2.45) is 5.10 Å². The summed E-state index contributed by atoms with van der Waals surface area (Å²) in [7, 11) is 1.61. The number of nitrogens with zero attached hydrogens (tertiary/aromatic N) is 4. The maximum atomic E-state index is 12.6. The van der Waals surface area contributed by atoms with Crippen molar-refractivity contribution in [3.8, 4) is 22.8 Å². The molecule has 37 heavy (non-hydrogen) atoms. The summed E-state index contributed by atoms with van der Waals surface area (Å²) < 4.78 is 7.39. The minimum Gasteiger partial charge on any atom is -0.496 e. The Labute approximate surface area is 223 Å². The zero-order valence-electron chi connectivity index (χ0n) is 19.8. The van der Waals surface area contributed by atoms with Gasteiger partial charge < -0.3 is 4.74 Å². The predicted octanol–water partition coefficient (Wildman–Crippen LogP) is 5.99. The molecule has 0 bridgehead atoms. The predicted molar refractivity (Wildman–Crippen MR) is 149 cm³/mol. The number of benzene rings is 4. The summed E-state index contributed by atoms with van der Waals surface area (Å²) in [5.41, 5.74) is 5.15. The number of carbonyl (C=O) groups is 1. The monoisotopic (exact) mass is 527 g/mol. The maximum Gasteiger partial charge on any atom is 0.250 e. The molecule has 0 saturated heterocycles. The van der Waals surface area contributed by atoms with Crippen molar-refractivity contribution in [3.63, 3.8) is 0 Å². The number of carbonyl (C=O) groups excluding carboxylic acids is 1. The molecule has 1 amide bonds. The lowest BCUT2D eigenvalue weighted by Crippen LogP contribution is -2.20. The minimum atomic E-state index is -0.271. The van der Waals surface area contributed by atoms with Gasteiger partial charge in [0.25, 0.3) is 5.91 Å². The molecule has 9 heteroatoms. The van der Waals surface area contributed by atoms with Crippen molar-refractivity contribution in [1.82, 2.24) is 20.2 Å². The van der Waals surface area contributed by atoms with E-state index >= 15 is 0 Å². The van der Waals surface area contributed by atoms with Crippen molar-refractivity contribution in [3.05, 3.63) is 102 Å². The Morgan fingerprint density at radius 1 is 1.00 bits per heavy atom. The van der Waals surface area contributed by atoms with E-state index < -0.39 is 0 Å². The Balaban J connectivity index is 1.33. The number of aromatic nitrogens is 3. The van der Waals surface area contributed by atoms with Gasteiger partial charge in [-0.1, -0.05) is 84.0 Å². The second-order valence-corrected chi connectivity index (χ2v) is 9.35. The number of amides is 1. The fourth-order valence-electron chi connectivity index (χ4n) is 3.88. The molecule has 0 atom stereocenters. The number of ether oxygens (including phenoxy) is 1. The molecule has 1 heterocycles. The largest absolute Gasteiger partial charge is 0.496 e. The quantitative estimate of drug-likeness (QED) is 0.152. The number of fused-ring (bicyclic) bond motifs is 1. The minimum absolute atomic E-state index is 0.102. The molecule has 0 radical (unpaired) electrons. The van der Waals surface area contributed by atoms with E-state index in [4.69, 9.17) is 16.3 Å². The Bertz CT molecular complexity index is 1570. The summed E-state index contributed by atoms with van der Waals surface area (Å²) in [6.45, 7) is 0. The van der Waals surface area contributed by atoms with Crippen LogP contribution < -0.4 is 10.2 Å². The molecular weight excluding hydrogens is 506 g/mol. The lowest BCUT2D eigenvalue weighted by Gasteiger charge is -2.10. The van der Waals surface area contributed by atoms with Gasteiger partial charge in [-0.3, -0.25) is 9.36 Å². The molecule has 0 aliphatic carbocycles. The third kappa shape index (κ3) is 5.50. The van der Waals surface area contributed by atoms with Gasteiger partial charge in [-0.25, -0.2) is 5.43 Å². The average Bonchev–Trinajstić information content (AvgIpc) is 3.37. The first-order valence-corrected chi connectivity index (χ1v) is 12.8. The van der Waals surface area contributed by atoms with E-state index in [2.05, 4.69) is 20.7 Å². The van der Waals surface area contributed by atoms with Crippen LogP contribution in [0.4, 0.5) is 0 Å². The highest BCUT2D eigenvalue weighted by Crippen LogP contribution is 2.29. The molecule has 4 aromatic carbocycles. The van der Waals surface area contributed by atoms with Crippen LogP contribution in [0.3, 0.4) is 0 Å². The Morgan fingerprint density at radius 2 is 1.76 bits per heavy atom. The third-order valence-corrected chi connectivity index (χ3v) is 6.80. The van der Waals surface area contributed by atoms with E-state index in [0.29, 0.717) is 21.8 Å². The van der Waals surface area contributed by atoms with Crippen molar-refractivity contribution in [2.45, 2.75) is 5.16 Å². The lowest BCUT2D eigenvalue weighted by molar-refractivity contribution is -0.118. The normalized spacial score (nSPS) is 11.2. The topological polar surface area (TPSA) is 81.4 Å². The fourth-order valence-corrected chi connectivity index (χ4v) is 4.75. The number of hydrogen-bond donors (Lipinski definition) is 1. The molecule has 1 aromatic heterocycles. The number of hydrazone groups is 1. The first kappa shape index (κ1) is 24.5. The van der Waals surface area contributed by atoms with Crippen LogP contribution in [0.2, 0.25) is 5.02 Å². The van der Waals surface area contributed by atoms with E-state index in [1.807, 2.05) is 95.6 Å². The van der Waals surface area contributed by atoms with Gasteiger partial charge in [-0.15, -0.1) is 10.2 Å². The number of rotatable bonds is 8. The summed E-state index contributed by atoms with van der Waals surface area (Å²) in [5.74, 6) is 1.18. The highest BCUT2D eigenvalue weighted by molar-refractivity contribution is 7.99. The van der Waals surface area contributed by atoms with Gasteiger partial charge in [0.2, 0.25) is 0 Å². The molecule has 5 rings (SSSR count). The smallest absolute Gasteiger partial charge is 0.250 e. The number of methoxy groups -OCH3 is 1. The second kappa shape index (κ2) is 11.3. The van der Waals surface area contributed by atoms with E-state index in [-0.39, 0.29) is 11.7 Å². The summed E-state index contributed by atoms with van der Waals surface area (Å²) in [4.78, 5) is 12.6. The Hall–Kier alpha value is -4.14. The SMILES string of the molecule is COc1ccc2ccccc2c1/C=N/NC(=O)CSc1nnc(-c2ccccc2)n1-c1ccc(Cl)cc1. The van der Waals surface area contributed by atoms with Gasteiger partial charge in [0, 0.05) is 21.8 Å². The highest BCUT2D eigenvalue weighted by Gasteiger charge is 2.17. The molecule has 0 fully saturated rings. The molecule has 0 aliphatic heterocycles. The fraction of sp³-hybridized carbons (Fsp3) is 0.0714. The first-order chi connectivity index (χ1) is 18.1. The summed E-state index contributed by atoms with van der Waals surface area (Å²) >= 11 is 7.37. The van der Waals surface area contributed by atoms with Crippen molar-refractivity contribution in [1.29, 1.82) is 0 Å². The molecule has 184 valence electrons. The van der Waals surface area contributed by atoms with Crippen LogP contribution in [-0.4, -0.2) is 39.7 Å². The molecule has 1 N–H and O–H groups in total. The zero-order chi connectivity index (χ0) is 25.6. The highest BCUT2D eigenvalue weighted by atomic mass is 35.5.